The molecule has 0 spiro atoms. The monoisotopic (exact) mass is 328 g/mol. The van der Waals surface area contributed by atoms with E-state index >= 15 is 0 Å². The van der Waals surface area contributed by atoms with Crippen LogP contribution in [0.15, 0.2) is 79.1 Å². The lowest BCUT2D eigenvalue weighted by Gasteiger charge is -2.07. The molecular formula is C21H16N2O2. The van der Waals surface area contributed by atoms with Gasteiger partial charge in [0, 0.05) is 35.6 Å². The third-order valence-electron chi connectivity index (χ3n) is 4.40. The van der Waals surface area contributed by atoms with Gasteiger partial charge in [0.05, 0.1) is 4.92 Å². The second-order valence-electron chi connectivity index (χ2n) is 6.10. The molecule has 4 nitrogen and oxygen atoms in total. The van der Waals surface area contributed by atoms with Gasteiger partial charge in [-0.05, 0) is 41.3 Å². The first kappa shape index (κ1) is 15.1. The van der Waals surface area contributed by atoms with Crippen LogP contribution in [-0.2, 0) is 0 Å². The highest BCUT2D eigenvalue weighted by Gasteiger charge is 2.10. The summed E-state index contributed by atoms with van der Waals surface area (Å²) in [5, 5.41) is 11.0. The molecule has 0 fully saturated rings. The first-order valence-corrected chi connectivity index (χ1v) is 8.04. The fourth-order valence-electron chi connectivity index (χ4n) is 3.15. The van der Waals surface area contributed by atoms with Crippen molar-refractivity contribution in [3.8, 4) is 22.3 Å². The van der Waals surface area contributed by atoms with Crippen molar-refractivity contribution in [2.24, 2.45) is 0 Å². The van der Waals surface area contributed by atoms with Gasteiger partial charge >= 0.3 is 0 Å². The molecule has 0 N–H and O–H groups in total. The minimum absolute atomic E-state index is 0.105. The zero-order valence-corrected chi connectivity index (χ0v) is 13.7. The fraction of sp³-hybridized carbons (Fsp3) is 0.0476. The van der Waals surface area contributed by atoms with Crippen molar-refractivity contribution < 1.29 is 4.92 Å². The van der Waals surface area contributed by atoms with Gasteiger partial charge in [0.2, 0.25) is 0 Å². The van der Waals surface area contributed by atoms with Crippen LogP contribution in [0.5, 0.6) is 0 Å². The van der Waals surface area contributed by atoms with E-state index in [0.29, 0.717) is 0 Å². The third kappa shape index (κ3) is 2.78. The van der Waals surface area contributed by atoms with Crippen LogP contribution in [0, 0.1) is 17.0 Å². The molecule has 2 aromatic heterocycles. The molecule has 0 saturated heterocycles. The van der Waals surface area contributed by atoms with Crippen LogP contribution >= 0.6 is 0 Å². The summed E-state index contributed by atoms with van der Waals surface area (Å²) in [5.41, 5.74) is 6.53. The number of nitro groups is 1. The number of aromatic nitrogens is 1. The maximum atomic E-state index is 11.0. The third-order valence-corrected chi connectivity index (χ3v) is 4.40. The Bertz CT molecular complexity index is 1080. The summed E-state index contributed by atoms with van der Waals surface area (Å²) in [6, 6.07) is 21.2. The van der Waals surface area contributed by atoms with Gasteiger partial charge in [-0.3, -0.25) is 10.1 Å². The standard InChI is InChI=1S/C21H16N2O2/c1-15-13-22-14-18(17-8-5-9-19(10-17)23(24)25)11-20(22)12-21(15)16-6-3-2-4-7-16/h2-14H,1H3. The molecule has 0 unspecified atom stereocenters. The summed E-state index contributed by atoms with van der Waals surface area (Å²) in [6.07, 6.45) is 4.11. The number of hydrogen-bond acceptors (Lipinski definition) is 2. The number of aryl methyl sites for hydroxylation is 1. The van der Waals surface area contributed by atoms with Crippen LogP contribution in [-0.4, -0.2) is 9.32 Å². The highest BCUT2D eigenvalue weighted by atomic mass is 16.6. The van der Waals surface area contributed by atoms with Crippen molar-refractivity contribution in [2.45, 2.75) is 6.92 Å². The number of nitro benzene ring substituents is 1. The average molecular weight is 328 g/mol. The normalized spacial score (nSPS) is 10.9. The predicted molar refractivity (Wildman–Crippen MR) is 99.7 cm³/mol. The van der Waals surface area contributed by atoms with Gasteiger partial charge in [-0.15, -0.1) is 0 Å². The van der Waals surface area contributed by atoms with Gasteiger partial charge in [-0.1, -0.05) is 42.5 Å². The lowest BCUT2D eigenvalue weighted by Crippen LogP contribution is -1.89. The summed E-state index contributed by atoms with van der Waals surface area (Å²) in [6.45, 7) is 2.09. The summed E-state index contributed by atoms with van der Waals surface area (Å²) in [7, 11) is 0. The first-order chi connectivity index (χ1) is 12.1. The SMILES string of the molecule is Cc1cn2cc(-c3cccc([N+](=O)[O-])c3)cc2cc1-c1ccccc1. The van der Waals surface area contributed by atoms with Gasteiger partial charge in [-0.2, -0.15) is 0 Å². The Labute approximate surface area is 145 Å². The molecule has 0 saturated carbocycles. The van der Waals surface area contributed by atoms with Gasteiger partial charge in [0.15, 0.2) is 0 Å². The van der Waals surface area contributed by atoms with Crippen LogP contribution in [0.2, 0.25) is 0 Å². The molecule has 0 radical (unpaired) electrons. The lowest BCUT2D eigenvalue weighted by atomic mass is 10.0. The summed E-state index contributed by atoms with van der Waals surface area (Å²) in [4.78, 5) is 10.6. The molecule has 0 aliphatic rings. The van der Waals surface area contributed by atoms with E-state index in [2.05, 4.69) is 41.8 Å². The Morgan fingerprint density at radius 3 is 2.36 bits per heavy atom. The predicted octanol–water partition coefficient (Wildman–Crippen LogP) is 5.49. The molecule has 0 atom stereocenters. The second kappa shape index (κ2) is 5.91. The topological polar surface area (TPSA) is 47.5 Å². The highest BCUT2D eigenvalue weighted by Crippen LogP contribution is 2.30. The average Bonchev–Trinajstić information content (AvgIpc) is 3.04. The van der Waals surface area contributed by atoms with Crippen molar-refractivity contribution in [3.05, 3.63) is 94.8 Å². The minimum Gasteiger partial charge on any atom is -0.323 e. The molecule has 25 heavy (non-hydrogen) atoms. The van der Waals surface area contributed by atoms with Crippen molar-refractivity contribution >= 4 is 11.2 Å². The number of nitrogens with zero attached hydrogens (tertiary/aromatic N) is 2. The molecule has 122 valence electrons. The van der Waals surface area contributed by atoms with E-state index in [1.807, 2.05) is 30.5 Å². The summed E-state index contributed by atoms with van der Waals surface area (Å²) >= 11 is 0. The van der Waals surface area contributed by atoms with Gasteiger partial charge in [0.25, 0.3) is 5.69 Å². The summed E-state index contributed by atoms with van der Waals surface area (Å²) in [5.74, 6) is 0. The van der Waals surface area contributed by atoms with Gasteiger partial charge < -0.3 is 4.40 Å². The number of non-ortho nitro benzene ring substituents is 1. The Hall–Kier alpha value is -3.40. The zero-order chi connectivity index (χ0) is 17.4. The molecule has 0 aliphatic heterocycles. The largest absolute Gasteiger partial charge is 0.323 e. The second-order valence-corrected chi connectivity index (χ2v) is 6.10. The van der Waals surface area contributed by atoms with Crippen molar-refractivity contribution in [1.82, 2.24) is 4.40 Å². The van der Waals surface area contributed by atoms with E-state index in [9.17, 15) is 10.1 Å². The van der Waals surface area contributed by atoms with Crippen LogP contribution in [0.3, 0.4) is 0 Å². The number of hydrogen-bond donors (Lipinski definition) is 0. The minimum atomic E-state index is -0.364. The van der Waals surface area contributed by atoms with E-state index in [4.69, 9.17) is 0 Å². The van der Waals surface area contributed by atoms with Crippen molar-refractivity contribution in [1.29, 1.82) is 0 Å². The van der Waals surface area contributed by atoms with E-state index in [1.165, 1.54) is 22.8 Å². The van der Waals surface area contributed by atoms with E-state index in [0.717, 1.165) is 16.6 Å². The quantitative estimate of drug-likeness (QED) is 0.369. The molecular weight excluding hydrogens is 312 g/mol. The number of rotatable bonds is 3. The molecule has 0 bridgehead atoms. The molecule has 4 rings (SSSR count). The fourth-order valence-corrected chi connectivity index (χ4v) is 3.15. The number of benzene rings is 2. The maximum absolute atomic E-state index is 11.0. The van der Waals surface area contributed by atoms with Crippen LogP contribution in [0.1, 0.15) is 5.56 Å². The Balaban J connectivity index is 1.84. The Morgan fingerprint density at radius 1 is 0.840 bits per heavy atom. The Morgan fingerprint density at radius 2 is 1.60 bits per heavy atom. The molecule has 0 aliphatic carbocycles. The molecule has 4 aromatic rings. The van der Waals surface area contributed by atoms with Gasteiger partial charge in [-0.25, -0.2) is 0 Å². The van der Waals surface area contributed by atoms with E-state index < -0.39 is 0 Å². The number of fused-ring (bicyclic) bond motifs is 1. The molecule has 0 amide bonds. The van der Waals surface area contributed by atoms with Gasteiger partial charge in [0.1, 0.15) is 0 Å². The highest BCUT2D eigenvalue weighted by molar-refractivity contribution is 5.77. The maximum Gasteiger partial charge on any atom is 0.270 e. The van der Waals surface area contributed by atoms with Crippen molar-refractivity contribution in [2.75, 3.05) is 0 Å². The van der Waals surface area contributed by atoms with E-state index in [-0.39, 0.29) is 10.6 Å². The molecule has 4 heteroatoms. The van der Waals surface area contributed by atoms with Crippen LogP contribution < -0.4 is 0 Å². The lowest BCUT2D eigenvalue weighted by molar-refractivity contribution is -0.384. The molecule has 2 heterocycles. The smallest absolute Gasteiger partial charge is 0.270 e. The van der Waals surface area contributed by atoms with Crippen LogP contribution in [0.4, 0.5) is 5.69 Å². The first-order valence-electron chi connectivity index (χ1n) is 8.04. The summed E-state index contributed by atoms with van der Waals surface area (Å²) < 4.78 is 2.07. The van der Waals surface area contributed by atoms with Crippen molar-refractivity contribution in [3.63, 3.8) is 0 Å². The Kier molecular flexibility index (Phi) is 3.58. The number of pyridine rings is 1. The van der Waals surface area contributed by atoms with Crippen LogP contribution in [0.25, 0.3) is 27.8 Å². The molecule has 2 aromatic carbocycles. The zero-order valence-electron chi connectivity index (χ0n) is 13.7. The van der Waals surface area contributed by atoms with E-state index in [1.54, 1.807) is 12.1 Å².